The molecule has 1 aromatic carbocycles. The molecular weight excluding hydrogens is 201 g/mol. The number of hydrogen-bond donors (Lipinski definition) is 1. The van der Waals surface area contributed by atoms with Gasteiger partial charge in [0.2, 0.25) is 0 Å². The lowest BCUT2D eigenvalue weighted by molar-refractivity contribution is 0.242. The maximum absolute atomic E-state index is 13.6. The Labute approximate surface area is 97.1 Å². The summed E-state index contributed by atoms with van der Waals surface area (Å²) in [7, 11) is 2.00. The summed E-state index contributed by atoms with van der Waals surface area (Å²) in [4.78, 5) is 0. The topological polar surface area (TPSA) is 12.0 Å². The molecular formula is C14H20FN. The summed E-state index contributed by atoms with van der Waals surface area (Å²) in [6, 6.07) is 5.46. The third-order valence-electron chi connectivity index (χ3n) is 4.09. The summed E-state index contributed by atoms with van der Waals surface area (Å²) < 4.78 is 13.6. The fourth-order valence-corrected chi connectivity index (χ4v) is 2.58. The zero-order valence-electron chi connectivity index (χ0n) is 10.3. The smallest absolute Gasteiger partial charge is 0.126 e. The van der Waals surface area contributed by atoms with E-state index in [0.717, 1.165) is 24.8 Å². The first-order chi connectivity index (χ1) is 7.54. The van der Waals surface area contributed by atoms with Crippen molar-refractivity contribution < 1.29 is 4.39 Å². The third kappa shape index (κ3) is 1.99. The van der Waals surface area contributed by atoms with E-state index in [-0.39, 0.29) is 11.4 Å². The fraction of sp³-hybridized carbons (Fsp3) is 0.571. The fourth-order valence-electron chi connectivity index (χ4n) is 2.58. The number of halogens is 1. The van der Waals surface area contributed by atoms with E-state index in [0.29, 0.717) is 5.92 Å². The van der Waals surface area contributed by atoms with Crippen molar-refractivity contribution in [1.82, 2.24) is 5.32 Å². The van der Waals surface area contributed by atoms with Gasteiger partial charge in [-0.15, -0.1) is 0 Å². The largest absolute Gasteiger partial charge is 0.315 e. The zero-order valence-corrected chi connectivity index (χ0v) is 10.3. The molecule has 0 aromatic heterocycles. The van der Waals surface area contributed by atoms with Gasteiger partial charge in [0.25, 0.3) is 0 Å². The third-order valence-corrected chi connectivity index (χ3v) is 4.09. The van der Waals surface area contributed by atoms with Crippen molar-refractivity contribution in [3.63, 3.8) is 0 Å². The van der Waals surface area contributed by atoms with E-state index in [1.54, 1.807) is 6.07 Å². The van der Waals surface area contributed by atoms with Crippen LogP contribution in [0.3, 0.4) is 0 Å². The van der Waals surface area contributed by atoms with Gasteiger partial charge in [0.1, 0.15) is 5.82 Å². The van der Waals surface area contributed by atoms with Crippen molar-refractivity contribution in [3.8, 4) is 0 Å². The molecule has 0 fully saturated rings. The monoisotopic (exact) mass is 221 g/mol. The Balaban J connectivity index is 2.25. The molecule has 0 aliphatic heterocycles. The first-order valence-corrected chi connectivity index (χ1v) is 6.00. The molecule has 0 radical (unpaired) electrons. The molecule has 16 heavy (non-hydrogen) atoms. The number of fused-ring (bicyclic) bond motifs is 1. The minimum absolute atomic E-state index is 0.0294. The predicted octanol–water partition coefficient (Wildman–Crippen LogP) is 2.93. The van der Waals surface area contributed by atoms with Crippen molar-refractivity contribution in [3.05, 3.63) is 35.1 Å². The average Bonchev–Trinajstić information content (AvgIpc) is 2.29. The standard InChI is InChI=1S/C14H20FN/c1-14(2,16-3)11-7-8-12-10(9-11)5-4-6-13(12)15/h4-6,11,16H,7-9H2,1-3H3. The Morgan fingerprint density at radius 3 is 2.81 bits per heavy atom. The minimum atomic E-state index is -0.0294. The molecule has 0 heterocycles. The number of hydrogen-bond acceptors (Lipinski definition) is 1. The lowest BCUT2D eigenvalue weighted by atomic mass is 9.74. The summed E-state index contributed by atoms with van der Waals surface area (Å²) in [5.41, 5.74) is 2.26. The van der Waals surface area contributed by atoms with Crippen molar-refractivity contribution in [2.24, 2.45) is 5.92 Å². The molecule has 1 unspecified atom stereocenters. The van der Waals surface area contributed by atoms with Crippen LogP contribution in [-0.4, -0.2) is 12.6 Å². The van der Waals surface area contributed by atoms with Gasteiger partial charge in [-0.05, 0) is 63.3 Å². The van der Waals surface area contributed by atoms with Crippen LogP contribution >= 0.6 is 0 Å². The van der Waals surface area contributed by atoms with Crippen molar-refractivity contribution >= 4 is 0 Å². The van der Waals surface area contributed by atoms with Crippen LogP contribution in [0.15, 0.2) is 18.2 Å². The van der Waals surface area contributed by atoms with Gasteiger partial charge in [-0.25, -0.2) is 4.39 Å². The van der Waals surface area contributed by atoms with E-state index in [2.05, 4.69) is 25.2 Å². The quantitative estimate of drug-likeness (QED) is 0.809. The van der Waals surface area contributed by atoms with Crippen LogP contribution in [0.4, 0.5) is 4.39 Å². The molecule has 1 atom stereocenters. The van der Waals surface area contributed by atoms with Gasteiger partial charge >= 0.3 is 0 Å². The van der Waals surface area contributed by atoms with Gasteiger partial charge in [0, 0.05) is 5.54 Å². The normalized spacial score (nSPS) is 20.6. The Kier molecular flexibility index (Phi) is 3.02. The molecule has 2 rings (SSSR count). The molecule has 2 heteroatoms. The van der Waals surface area contributed by atoms with E-state index in [1.165, 1.54) is 5.56 Å². The van der Waals surface area contributed by atoms with Gasteiger partial charge in [0.15, 0.2) is 0 Å². The zero-order chi connectivity index (χ0) is 11.8. The molecule has 1 aliphatic carbocycles. The van der Waals surface area contributed by atoms with Crippen molar-refractivity contribution in [2.75, 3.05) is 7.05 Å². The maximum Gasteiger partial charge on any atom is 0.126 e. The first kappa shape index (κ1) is 11.6. The van der Waals surface area contributed by atoms with Crippen LogP contribution in [-0.2, 0) is 12.8 Å². The van der Waals surface area contributed by atoms with Gasteiger partial charge in [-0.3, -0.25) is 0 Å². The van der Waals surface area contributed by atoms with Crippen LogP contribution < -0.4 is 5.32 Å². The maximum atomic E-state index is 13.6. The lowest BCUT2D eigenvalue weighted by Crippen LogP contribution is -2.46. The molecule has 0 bridgehead atoms. The number of nitrogens with one attached hydrogen (secondary N) is 1. The highest BCUT2D eigenvalue weighted by molar-refractivity contribution is 5.31. The highest BCUT2D eigenvalue weighted by atomic mass is 19.1. The Morgan fingerprint density at radius 2 is 2.12 bits per heavy atom. The Hall–Kier alpha value is -0.890. The molecule has 1 aliphatic rings. The van der Waals surface area contributed by atoms with Gasteiger partial charge in [-0.1, -0.05) is 12.1 Å². The molecule has 0 saturated carbocycles. The highest BCUT2D eigenvalue weighted by Gasteiger charge is 2.31. The second-order valence-corrected chi connectivity index (χ2v) is 5.29. The van der Waals surface area contributed by atoms with E-state index in [9.17, 15) is 4.39 Å². The van der Waals surface area contributed by atoms with E-state index >= 15 is 0 Å². The first-order valence-electron chi connectivity index (χ1n) is 6.00. The van der Waals surface area contributed by atoms with E-state index in [1.807, 2.05) is 13.1 Å². The predicted molar refractivity (Wildman–Crippen MR) is 65.1 cm³/mol. The summed E-state index contributed by atoms with van der Waals surface area (Å²) in [6.07, 6.45) is 2.93. The molecule has 1 nitrogen and oxygen atoms in total. The molecule has 1 aromatic rings. The van der Waals surface area contributed by atoms with Crippen LogP contribution in [0.2, 0.25) is 0 Å². The molecule has 0 amide bonds. The summed E-state index contributed by atoms with van der Waals surface area (Å²) in [6.45, 7) is 4.45. The van der Waals surface area contributed by atoms with Crippen LogP contribution in [0, 0.1) is 11.7 Å². The summed E-state index contributed by atoms with van der Waals surface area (Å²) in [5, 5.41) is 3.36. The molecule has 0 spiro atoms. The Bertz CT molecular complexity index is 384. The highest BCUT2D eigenvalue weighted by Crippen LogP contribution is 2.33. The van der Waals surface area contributed by atoms with Gasteiger partial charge in [0.05, 0.1) is 0 Å². The minimum Gasteiger partial charge on any atom is -0.315 e. The second-order valence-electron chi connectivity index (χ2n) is 5.29. The average molecular weight is 221 g/mol. The summed E-state index contributed by atoms with van der Waals surface area (Å²) in [5.74, 6) is 0.560. The van der Waals surface area contributed by atoms with Gasteiger partial charge < -0.3 is 5.32 Å². The second kappa shape index (κ2) is 4.17. The molecule has 0 saturated heterocycles. The van der Waals surface area contributed by atoms with Crippen LogP contribution in [0.25, 0.3) is 0 Å². The van der Waals surface area contributed by atoms with E-state index < -0.39 is 0 Å². The van der Waals surface area contributed by atoms with Crippen LogP contribution in [0.5, 0.6) is 0 Å². The summed E-state index contributed by atoms with van der Waals surface area (Å²) >= 11 is 0. The lowest BCUT2D eigenvalue weighted by Gasteiger charge is -2.37. The number of benzene rings is 1. The van der Waals surface area contributed by atoms with Crippen molar-refractivity contribution in [1.29, 1.82) is 0 Å². The van der Waals surface area contributed by atoms with Crippen molar-refractivity contribution in [2.45, 2.75) is 38.6 Å². The van der Waals surface area contributed by atoms with Gasteiger partial charge in [-0.2, -0.15) is 0 Å². The molecule has 88 valence electrons. The molecule has 1 N–H and O–H groups in total. The SMILES string of the molecule is CNC(C)(C)C1CCc2c(F)cccc2C1. The Morgan fingerprint density at radius 1 is 1.38 bits per heavy atom. The van der Waals surface area contributed by atoms with Crippen LogP contribution in [0.1, 0.15) is 31.4 Å². The number of rotatable bonds is 2. The van der Waals surface area contributed by atoms with E-state index in [4.69, 9.17) is 0 Å².